The average Bonchev–Trinajstić information content (AvgIpc) is 2.66. The van der Waals surface area contributed by atoms with E-state index < -0.39 is 54.8 Å². The van der Waals surface area contributed by atoms with E-state index in [1.54, 1.807) is 0 Å². The van der Waals surface area contributed by atoms with E-state index >= 15 is 0 Å². The summed E-state index contributed by atoms with van der Waals surface area (Å²) in [7, 11) is 2.62. The van der Waals surface area contributed by atoms with Crippen molar-refractivity contribution in [2.45, 2.75) is 90.0 Å². The Morgan fingerprint density at radius 1 is 1.23 bits per heavy atom. The SMILES string of the molecule is CC.CC.CCC(F)(F)C(O)C(=O)N[C@@H]1C[C@H](N)[C@@H](OC)[C@H](OC)C1F. The number of hydrogen-bond donors (Lipinski definition) is 3. The van der Waals surface area contributed by atoms with Crippen LogP contribution in [0.4, 0.5) is 13.2 Å². The van der Waals surface area contributed by atoms with Crippen molar-refractivity contribution >= 4 is 5.91 Å². The Labute approximate surface area is 154 Å². The normalized spacial score (nSPS) is 29.5. The van der Waals surface area contributed by atoms with Gasteiger partial charge in [-0.15, -0.1) is 0 Å². The first-order chi connectivity index (χ1) is 12.2. The lowest BCUT2D eigenvalue weighted by Crippen LogP contribution is -2.64. The van der Waals surface area contributed by atoms with E-state index in [0.29, 0.717) is 0 Å². The number of nitrogens with one attached hydrogen (secondary N) is 1. The Hall–Kier alpha value is -0.900. The molecule has 0 aromatic carbocycles. The van der Waals surface area contributed by atoms with Crippen LogP contribution in [-0.4, -0.2) is 67.7 Å². The molecule has 2 unspecified atom stereocenters. The molecule has 0 bridgehead atoms. The molecule has 0 aromatic heterocycles. The third-order valence-electron chi connectivity index (χ3n) is 3.96. The number of nitrogens with two attached hydrogens (primary N) is 1. The Morgan fingerprint density at radius 2 is 1.69 bits per heavy atom. The van der Waals surface area contributed by atoms with Gasteiger partial charge < -0.3 is 25.6 Å². The summed E-state index contributed by atoms with van der Waals surface area (Å²) in [6, 6.07) is -1.78. The van der Waals surface area contributed by atoms with Gasteiger partial charge in [0.15, 0.2) is 6.10 Å². The van der Waals surface area contributed by atoms with Gasteiger partial charge in [0.05, 0.1) is 6.04 Å². The molecule has 0 aliphatic heterocycles. The van der Waals surface area contributed by atoms with E-state index in [9.17, 15) is 23.1 Å². The second-order valence-electron chi connectivity index (χ2n) is 5.38. The summed E-state index contributed by atoms with van der Waals surface area (Å²) in [6.07, 6.45) is -6.71. The summed E-state index contributed by atoms with van der Waals surface area (Å²) < 4.78 is 51.1. The molecule has 0 spiro atoms. The number of aliphatic hydroxyl groups excluding tert-OH is 1. The smallest absolute Gasteiger partial charge is 0.282 e. The molecule has 6 atom stereocenters. The van der Waals surface area contributed by atoms with E-state index in [4.69, 9.17) is 15.2 Å². The summed E-state index contributed by atoms with van der Waals surface area (Å²) in [5.41, 5.74) is 5.84. The molecule has 1 aliphatic rings. The lowest BCUT2D eigenvalue weighted by Gasteiger charge is -2.41. The summed E-state index contributed by atoms with van der Waals surface area (Å²) >= 11 is 0. The number of methoxy groups -OCH3 is 2. The second kappa shape index (κ2) is 13.3. The molecule has 1 saturated carbocycles. The van der Waals surface area contributed by atoms with Crippen LogP contribution in [0.1, 0.15) is 47.5 Å². The number of ether oxygens (including phenoxy) is 2. The molecule has 0 aromatic rings. The standard InChI is InChI=1S/C13H23F3N2O4.2C2H6/c1-4-13(15,16)11(19)12(20)18-7-5-6(17)9(21-2)10(22-3)8(7)14;2*1-2/h6-11,19H,4-5,17H2,1-3H3,(H,18,20);2*1-2H3/t6-,7+,8?,9+,10+,11?;;/m0../s1. The summed E-state index contributed by atoms with van der Waals surface area (Å²) in [5, 5.41) is 11.5. The van der Waals surface area contributed by atoms with Gasteiger partial charge in [0, 0.05) is 26.7 Å². The predicted molar refractivity (Wildman–Crippen MR) is 95.0 cm³/mol. The second-order valence-corrected chi connectivity index (χ2v) is 5.38. The number of hydrogen-bond acceptors (Lipinski definition) is 5. The lowest BCUT2D eigenvalue weighted by molar-refractivity contribution is -0.158. The number of aliphatic hydroxyl groups is 1. The molecule has 1 aliphatic carbocycles. The van der Waals surface area contributed by atoms with E-state index in [1.807, 2.05) is 27.7 Å². The van der Waals surface area contributed by atoms with Crippen LogP contribution in [0.2, 0.25) is 0 Å². The number of alkyl halides is 3. The molecule has 1 rings (SSSR count). The van der Waals surface area contributed by atoms with Crippen molar-refractivity contribution in [2.75, 3.05) is 14.2 Å². The maximum atomic E-state index is 14.4. The van der Waals surface area contributed by atoms with Crippen LogP contribution < -0.4 is 11.1 Å². The van der Waals surface area contributed by atoms with Crippen LogP contribution in [-0.2, 0) is 14.3 Å². The van der Waals surface area contributed by atoms with Crippen molar-refractivity contribution in [3.05, 3.63) is 0 Å². The molecule has 1 amide bonds. The van der Waals surface area contributed by atoms with Crippen LogP contribution in [0, 0.1) is 0 Å². The number of halogens is 3. The minimum absolute atomic E-state index is 0.0182. The fraction of sp³-hybridized carbons (Fsp3) is 0.941. The zero-order chi connectivity index (χ0) is 21.1. The highest BCUT2D eigenvalue weighted by molar-refractivity contribution is 5.82. The minimum atomic E-state index is -3.58. The lowest BCUT2D eigenvalue weighted by atomic mass is 9.84. The Kier molecular flexibility index (Phi) is 14.0. The number of carbonyl (C=O) groups excluding carboxylic acids is 1. The third kappa shape index (κ3) is 7.02. The maximum absolute atomic E-state index is 14.4. The monoisotopic (exact) mass is 388 g/mol. The van der Waals surface area contributed by atoms with Gasteiger partial charge in [-0.3, -0.25) is 4.79 Å². The molecule has 0 radical (unpaired) electrons. The van der Waals surface area contributed by atoms with E-state index in [1.165, 1.54) is 14.2 Å². The number of carbonyl (C=O) groups is 1. The summed E-state index contributed by atoms with van der Waals surface area (Å²) in [5.74, 6) is -4.92. The molecular formula is C17H35F3N2O4. The molecule has 4 N–H and O–H groups in total. The predicted octanol–water partition coefficient (Wildman–Crippen LogP) is 2.03. The van der Waals surface area contributed by atoms with Crippen molar-refractivity contribution in [2.24, 2.45) is 5.73 Å². The van der Waals surface area contributed by atoms with Gasteiger partial charge in [0.2, 0.25) is 0 Å². The molecule has 9 heteroatoms. The van der Waals surface area contributed by atoms with Crippen molar-refractivity contribution in [1.82, 2.24) is 5.32 Å². The van der Waals surface area contributed by atoms with Crippen LogP contribution in [0.3, 0.4) is 0 Å². The number of rotatable bonds is 6. The first-order valence-corrected chi connectivity index (χ1v) is 9.01. The van der Waals surface area contributed by atoms with Gasteiger partial charge in [-0.1, -0.05) is 34.6 Å². The fourth-order valence-electron chi connectivity index (χ4n) is 2.57. The molecule has 6 nitrogen and oxygen atoms in total. The Morgan fingerprint density at radius 3 is 2.08 bits per heavy atom. The molecule has 1 fully saturated rings. The van der Waals surface area contributed by atoms with Gasteiger partial charge in [-0.05, 0) is 6.42 Å². The van der Waals surface area contributed by atoms with Crippen LogP contribution >= 0.6 is 0 Å². The molecule has 0 saturated heterocycles. The molecular weight excluding hydrogens is 353 g/mol. The van der Waals surface area contributed by atoms with E-state index in [0.717, 1.165) is 6.92 Å². The Balaban J connectivity index is 0. The Bertz CT molecular complexity index is 389. The quantitative estimate of drug-likeness (QED) is 0.647. The molecule has 26 heavy (non-hydrogen) atoms. The van der Waals surface area contributed by atoms with Gasteiger partial charge in [0.25, 0.3) is 11.8 Å². The van der Waals surface area contributed by atoms with Gasteiger partial charge in [0.1, 0.15) is 18.4 Å². The minimum Gasteiger partial charge on any atom is -0.378 e. The molecule has 158 valence electrons. The number of amides is 1. The summed E-state index contributed by atoms with van der Waals surface area (Å²) in [6.45, 7) is 9.13. The zero-order valence-corrected chi connectivity index (χ0v) is 16.8. The largest absolute Gasteiger partial charge is 0.378 e. The van der Waals surface area contributed by atoms with Gasteiger partial charge >= 0.3 is 0 Å². The van der Waals surface area contributed by atoms with Crippen molar-refractivity contribution in [3.8, 4) is 0 Å². The van der Waals surface area contributed by atoms with Crippen LogP contribution in [0.15, 0.2) is 0 Å². The maximum Gasteiger partial charge on any atom is 0.282 e. The first kappa shape index (κ1) is 27.3. The topological polar surface area (TPSA) is 93.8 Å². The average molecular weight is 388 g/mol. The van der Waals surface area contributed by atoms with Crippen molar-refractivity contribution < 1.29 is 32.5 Å². The van der Waals surface area contributed by atoms with E-state index in [2.05, 4.69) is 5.32 Å². The highest BCUT2D eigenvalue weighted by Gasteiger charge is 2.47. The fourth-order valence-corrected chi connectivity index (χ4v) is 2.57. The molecule has 0 heterocycles. The highest BCUT2D eigenvalue weighted by Crippen LogP contribution is 2.27. The highest BCUT2D eigenvalue weighted by atomic mass is 19.3. The zero-order valence-electron chi connectivity index (χ0n) is 16.8. The summed E-state index contributed by atoms with van der Waals surface area (Å²) in [4.78, 5) is 11.7. The van der Waals surface area contributed by atoms with Gasteiger partial charge in [-0.25, -0.2) is 13.2 Å². The van der Waals surface area contributed by atoms with Crippen molar-refractivity contribution in [3.63, 3.8) is 0 Å². The van der Waals surface area contributed by atoms with Gasteiger partial charge in [-0.2, -0.15) is 0 Å². The first-order valence-electron chi connectivity index (χ1n) is 9.01. The van der Waals surface area contributed by atoms with Crippen LogP contribution in [0.5, 0.6) is 0 Å². The third-order valence-corrected chi connectivity index (χ3v) is 3.96. The van der Waals surface area contributed by atoms with Crippen LogP contribution in [0.25, 0.3) is 0 Å². The van der Waals surface area contributed by atoms with E-state index in [-0.39, 0.29) is 6.42 Å². The van der Waals surface area contributed by atoms with Crippen molar-refractivity contribution in [1.29, 1.82) is 0 Å².